The maximum Gasteiger partial charge on any atom is 0.471 e. The smallest absolute Gasteiger partial charge is 0.351 e. The Labute approximate surface area is 196 Å². The molecular weight excluding hydrogens is 460 g/mol. The fourth-order valence-corrected chi connectivity index (χ4v) is 4.57. The van der Waals surface area contributed by atoms with E-state index in [1.54, 1.807) is 0 Å². The SMILES string of the molecule is CCC(COP(OCCC#N)N(C(C)C)C(C)C)NC(=O)CCCCCNC(=O)C(F)(F)F. The van der Waals surface area contributed by atoms with E-state index >= 15 is 0 Å². The Balaban J connectivity index is 4.46. The van der Waals surface area contributed by atoms with Crippen LogP contribution in [0, 0.1) is 11.3 Å². The number of nitrogens with zero attached hydrogens (tertiary/aromatic N) is 2. The van der Waals surface area contributed by atoms with E-state index in [1.807, 2.05) is 39.9 Å². The predicted molar refractivity (Wildman–Crippen MR) is 121 cm³/mol. The second-order valence-electron chi connectivity index (χ2n) is 8.08. The summed E-state index contributed by atoms with van der Waals surface area (Å²) in [7, 11) is -1.39. The summed E-state index contributed by atoms with van der Waals surface area (Å²) in [6.45, 7) is 10.5. The van der Waals surface area contributed by atoms with E-state index in [1.165, 1.54) is 0 Å². The Kier molecular flexibility index (Phi) is 16.3. The van der Waals surface area contributed by atoms with Crippen molar-refractivity contribution >= 4 is 20.3 Å². The monoisotopic (exact) mass is 498 g/mol. The van der Waals surface area contributed by atoms with Gasteiger partial charge in [-0.25, -0.2) is 4.67 Å². The molecule has 0 saturated carbocycles. The second-order valence-corrected chi connectivity index (χ2v) is 9.53. The number of rotatable bonds is 17. The molecule has 2 amide bonds. The number of nitrogens with one attached hydrogen (secondary N) is 2. The highest BCUT2D eigenvalue weighted by Crippen LogP contribution is 2.46. The molecule has 2 unspecified atom stereocenters. The van der Waals surface area contributed by atoms with E-state index in [4.69, 9.17) is 14.3 Å². The molecule has 0 aromatic carbocycles. The first-order valence-corrected chi connectivity index (χ1v) is 12.4. The zero-order valence-electron chi connectivity index (χ0n) is 20.2. The third kappa shape index (κ3) is 14.4. The quantitative estimate of drug-likeness (QED) is 0.227. The summed E-state index contributed by atoms with van der Waals surface area (Å²) in [6.07, 6.45) is -2.33. The lowest BCUT2D eigenvalue weighted by Gasteiger charge is -2.36. The van der Waals surface area contributed by atoms with Gasteiger partial charge in [-0.1, -0.05) is 13.3 Å². The van der Waals surface area contributed by atoms with Gasteiger partial charge in [-0.05, 0) is 47.0 Å². The predicted octanol–water partition coefficient (Wildman–Crippen LogP) is 4.41. The highest BCUT2D eigenvalue weighted by atomic mass is 31.2. The number of alkyl halides is 3. The van der Waals surface area contributed by atoms with Crippen LogP contribution in [-0.4, -0.2) is 60.5 Å². The van der Waals surface area contributed by atoms with Crippen LogP contribution < -0.4 is 10.6 Å². The van der Waals surface area contributed by atoms with Crippen molar-refractivity contribution in [1.29, 1.82) is 5.26 Å². The summed E-state index contributed by atoms with van der Waals surface area (Å²) in [5.74, 6) is -2.11. The lowest BCUT2D eigenvalue weighted by molar-refractivity contribution is -0.173. The van der Waals surface area contributed by atoms with E-state index in [9.17, 15) is 22.8 Å². The molecule has 0 spiro atoms. The molecule has 12 heteroatoms. The van der Waals surface area contributed by atoms with Crippen LogP contribution in [0.15, 0.2) is 0 Å². The second kappa shape index (κ2) is 17.0. The van der Waals surface area contributed by atoms with Crippen LogP contribution in [0.25, 0.3) is 0 Å². The molecule has 2 N–H and O–H groups in total. The molecule has 0 radical (unpaired) electrons. The van der Waals surface area contributed by atoms with Gasteiger partial charge >= 0.3 is 12.1 Å². The Morgan fingerprint density at radius 2 is 1.73 bits per heavy atom. The van der Waals surface area contributed by atoms with Crippen molar-refractivity contribution in [1.82, 2.24) is 15.3 Å². The van der Waals surface area contributed by atoms with Gasteiger partial charge in [0, 0.05) is 25.0 Å². The number of unbranched alkanes of at least 4 members (excludes halogenated alkanes) is 2. The lowest BCUT2D eigenvalue weighted by Crippen LogP contribution is -2.39. The number of carbonyl (C=O) groups is 2. The minimum atomic E-state index is -4.88. The molecule has 0 rings (SSSR count). The van der Waals surface area contributed by atoms with Gasteiger partial charge in [0.1, 0.15) is 0 Å². The third-order valence-electron chi connectivity index (χ3n) is 4.53. The zero-order valence-corrected chi connectivity index (χ0v) is 21.1. The molecule has 0 heterocycles. The van der Waals surface area contributed by atoms with Crippen molar-refractivity contribution in [2.75, 3.05) is 19.8 Å². The topological polar surface area (TPSA) is 104 Å². The van der Waals surface area contributed by atoms with Crippen molar-refractivity contribution < 1.29 is 31.8 Å². The van der Waals surface area contributed by atoms with Gasteiger partial charge in [-0.2, -0.15) is 18.4 Å². The van der Waals surface area contributed by atoms with Gasteiger partial charge in [0.15, 0.2) is 0 Å². The highest BCUT2D eigenvalue weighted by Gasteiger charge is 2.38. The summed E-state index contributed by atoms with van der Waals surface area (Å²) < 4.78 is 50.3. The zero-order chi connectivity index (χ0) is 25.4. The molecule has 192 valence electrons. The molecule has 0 aliphatic rings. The Morgan fingerprint density at radius 1 is 1.09 bits per heavy atom. The Bertz CT molecular complexity index is 607. The van der Waals surface area contributed by atoms with E-state index in [0.717, 1.165) is 0 Å². The number of amides is 2. The van der Waals surface area contributed by atoms with Gasteiger partial charge in [-0.3, -0.25) is 9.59 Å². The van der Waals surface area contributed by atoms with Gasteiger partial charge in [-0.15, -0.1) is 0 Å². The first-order valence-electron chi connectivity index (χ1n) is 11.3. The fraction of sp³-hybridized carbons (Fsp3) is 0.857. The summed E-state index contributed by atoms with van der Waals surface area (Å²) in [5, 5.41) is 13.5. The standard InChI is InChI=1S/C21H38F3N4O4P/c1-6-18(15-32-33(31-14-10-12-25)28(16(2)3)17(4)5)27-19(29)11-8-7-9-13-26-20(30)21(22,23)24/h16-18H,6-11,13-15H2,1-5H3,(H,26,30)(H,27,29). The molecular formula is C21H38F3N4O4P. The molecule has 0 saturated heterocycles. The van der Waals surface area contributed by atoms with Crippen LogP contribution in [0.4, 0.5) is 13.2 Å². The highest BCUT2D eigenvalue weighted by molar-refractivity contribution is 7.44. The molecule has 0 fully saturated rings. The van der Waals surface area contributed by atoms with Crippen LogP contribution in [-0.2, 0) is 18.6 Å². The van der Waals surface area contributed by atoms with E-state index < -0.39 is 20.6 Å². The Hall–Kier alpha value is -1.47. The third-order valence-corrected chi connectivity index (χ3v) is 6.60. The maximum absolute atomic E-state index is 12.2. The van der Waals surface area contributed by atoms with Crippen LogP contribution in [0.2, 0.25) is 0 Å². The number of halogens is 3. The van der Waals surface area contributed by atoms with Crippen molar-refractivity contribution in [2.24, 2.45) is 0 Å². The number of hydrogen-bond acceptors (Lipinski definition) is 6. The largest absolute Gasteiger partial charge is 0.471 e. The molecule has 0 bridgehead atoms. The average molecular weight is 499 g/mol. The van der Waals surface area contributed by atoms with Gasteiger partial charge in [0.2, 0.25) is 5.91 Å². The minimum Gasteiger partial charge on any atom is -0.351 e. The van der Waals surface area contributed by atoms with Crippen molar-refractivity contribution in [2.45, 2.75) is 97.4 Å². The molecule has 8 nitrogen and oxygen atoms in total. The normalized spacial score (nSPS) is 13.8. The maximum atomic E-state index is 12.2. The minimum absolute atomic E-state index is 0.0804. The fourth-order valence-electron chi connectivity index (χ4n) is 2.92. The van der Waals surface area contributed by atoms with Crippen LogP contribution in [0.5, 0.6) is 0 Å². The number of nitriles is 1. The van der Waals surface area contributed by atoms with E-state index in [-0.39, 0.29) is 56.6 Å². The first-order chi connectivity index (χ1) is 15.4. The number of hydrogen-bond donors (Lipinski definition) is 2. The summed E-state index contributed by atoms with van der Waals surface area (Å²) in [4.78, 5) is 23.0. The average Bonchev–Trinajstić information content (AvgIpc) is 2.71. The molecule has 33 heavy (non-hydrogen) atoms. The van der Waals surface area contributed by atoms with Crippen LogP contribution in [0.3, 0.4) is 0 Å². The molecule has 2 atom stereocenters. The summed E-state index contributed by atoms with van der Waals surface area (Å²) in [5.41, 5.74) is 0. The lowest BCUT2D eigenvalue weighted by atomic mass is 10.1. The van der Waals surface area contributed by atoms with E-state index in [0.29, 0.717) is 25.7 Å². The van der Waals surface area contributed by atoms with Gasteiger partial charge < -0.3 is 19.7 Å². The van der Waals surface area contributed by atoms with Crippen molar-refractivity contribution in [3.8, 4) is 6.07 Å². The summed E-state index contributed by atoms with van der Waals surface area (Å²) >= 11 is 0. The molecule has 0 aliphatic carbocycles. The van der Waals surface area contributed by atoms with Crippen molar-refractivity contribution in [3.05, 3.63) is 0 Å². The number of carbonyl (C=O) groups excluding carboxylic acids is 2. The van der Waals surface area contributed by atoms with Crippen LogP contribution in [0.1, 0.15) is 73.1 Å². The van der Waals surface area contributed by atoms with E-state index in [2.05, 4.69) is 16.1 Å². The Morgan fingerprint density at radius 3 is 2.24 bits per heavy atom. The van der Waals surface area contributed by atoms with Gasteiger partial charge in [0.25, 0.3) is 8.53 Å². The molecule has 0 aromatic rings. The van der Waals surface area contributed by atoms with Crippen LogP contribution >= 0.6 is 8.53 Å². The summed E-state index contributed by atoms with van der Waals surface area (Å²) in [6, 6.07) is 2.19. The molecule has 0 aromatic heterocycles. The molecule has 0 aliphatic heterocycles. The first kappa shape index (κ1) is 31.5. The van der Waals surface area contributed by atoms with Gasteiger partial charge in [0.05, 0.1) is 31.7 Å². The van der Waals surface area contributed by atoms with Crippen molar-refractivity contribution in [3.63, 3.8) is 0 Å².